The number of benzene rings is 1. The number of hydrogen-bond donors (Lipinski definition) is 2. The number of hydrogen-bond acceptors (Lipinski definition) is 2. The Morgan fingerprint density at radius 3 is 2.50 bits per heavy atom. The minimum atomic E-state index is 0.0987. The molecule has 2 rings (SSSR count). The van der Waals surface area contributed by atoms with Crippen LogP contribution in [0.1, 0.15) is 25.5 Å². The molecule has 2 heteroatoms. The minimum Gasteiger partial charge on any atom is -0.392 e. The van der Waals surface area contributed by atoms with Crippen LogP contribution in [0.25, 0.3) is 0 Å². The highest BCUT2D eigenvalue weighted by Gasteiger charge is 2.09. The minimum absolute atomic E-state index is 0.0987. The molecule has 16 heavy (non-hydrogen) atoms. The first-order chi connectivity index (χ1) is 7.90. The Balaban J connectivity index is 0.000000606. The van der Waals surface area contributed by atoms with Gasteiger partial charge in [0.15, 0.2) is 0 Å². The number of aliphatic hydroxyl groups excluding tert-OH is 1. The van der Waals surface area contributed by atoms with E-state index >= 15 is 0 Å². The van der Waals surface area contributed by atoms with Crippen LogP contribution in [-0.2, 0) is 0 Å². The third-order valence-electron chi connectivity index (χ3n) is 2.30. The smallest absolute Gasteiger partial charge is 0.0699 e. The van der Waals surface area contributed by atoms with Gasteiger partial charge in [-0.05, 0) is 23.4 Å². The maximum Gasteiger partial charge on any atom is 0.0699 e. The third-order valence-corrected chi connectivity index (χ3v) is 2.30. The van der Waals surface area contributed by atoms with Gasteiger partial charge < -0.3 is 10.4 Å². The molecule has 0 radical (unpaired) electrons. The van der Waals surface area contributed by atoms with Crippen molar-refractivity contribution in [1.29, 1.82) is 0 Å². The fourth-order valence-corrected chi connectivity index (χ4v) is 1.53. The zero-order valence-corrected chi connectivity index (χ0v) is 9.85. The van der Waals surface area contributed by atoms with Gasteiger partial charge in [-0.2, -0.15) is 0 Å². The van der Waals surface area contributed by atoms with Crippen LogP contribution >= 0.6 is 0 Å². The molecule has 0 bridgehead atoms. The van der Waals surface area contributed by atoms with Crippen molar-refractivity contribution in [3.63, 3.8) is 0 Å². The molecule has 1 aliphatic heterocycles. The van der Waals surface area contributed by atoms with E-state index in [1.165, 1.54) is 5.56 Å². The number of aliphatic hydroxyl groups is 1. The Hall–Kier alpha value is -1.54. The van der Waals surface area contributed by atoms with Gasteiger partial charge in [0.1, 0.15) is 0 Å². The summed E-state index contributed by atoms with van der Waals surface area (Å²) in [4.78, 5) is 0. The largest absolute Gasteiger partial charge is 0.392 e. The van der Waals surface area contributed by atoms with Crippen molar-refractivity contribution in [2.24, 2.45) is 0 Å². The second-order valence-corrected chi connectivity index (χ2v) is 3.29. The molecular weight excluding hydrogens is 198 g/mol. The van der Waals surface area contributed by atoms with Crippen molar-refractivity contribution in [2.45, 2.75) is 19.9 Å². The van der Waals surface area contributed by atoms with Gasteiger partial charge >= 0.3 is 0 Å². The van der Waals surface area contributed by atoms with Gasteiger partial charge in [-0.3, -0.25) is 0 Å². The van der Waals surface area contributed by atoms with E-state index < -0.39 is 0 Å². The van der Waals surface area contributed by atoms with Gasteiger partial charge in [-0.1, -0.05) is 50.3 Å². The number of rotatable bonds is 2. The Kier molecular flexibility index (Phi) is 5.37. The summed E-state index contributed by atoms with van der Waals surface area (Å²) >= 11 is 0. The van der Waals surface area contributed by atoms with E-state index in [-0.39, 0.29) is 12.6 Å². The lowest BCUT2D eigenvalue weighted by atomic mass is 10.0. The topological polar surface area (TPSA) is 32.3 Å². The first-order valence-electron chi connectivity index (χ1n) is 5.69. The highest BCUT2D eigenvalue weighted by molar-refractivity contribution is 5.32. The first-order valence-corrected chi connectivity index (χ1v) is 5.69. The quantitative estimate of drug-likeness (QED) is 0.798. The molecular formula is C14H19NO. The van der Waals surface area contributed by atoms with Crippen LogP contribution in [-0.4, -0.2) is 11.7 Å². The first kappa shape index (κ1) is 12.5. The molecule has 0 aliphatic carbocycles. The zero-order chi connectivity index (χ0) is 11.8. The fraction of sp³-hybridized carbons (Fsp3) is 0.286. The van der Waals surface area contributed by atoms with Crippen molar-refractivity contribution >= 4 is 0 Å². The van der Waals surface area contributed by atoms with Crippen molar-refractivity contribution in [1.82, 2.24) is 5.32 Å². The van der Waals surface area contributed by atoms with Gasteiger partial charge in [0.2, 0.25) is 0 Å². The van der Waals surface area contributed by atoms with E-state index in [0.717, 1.165) is 5.57 Å². The summed E-state index contributed by atoms with van der Waals surface area (Å²) in [5, 5.41) is 12.2. The summed E-state index contributed by atoms with van der Waals surface area (Å²) in [6, 6.07) is 10.4. The molecule has 0 saturated carbocycles. The van der Waals surface area contributed by atoms with Crippen LogP contribution in [0.3, 0.4) is 0 Å². The lowest BCUT2D eigenvalue weighted by Gasteiger charge is -2.18. The lowest BCUT2D eigenvalue weighted by molar-refractivity contribution is 0.333. The molecule has 0 aromatic heterocycles. The lowest BCUT2D eigenvalue weighted by Crippen LogP contribution is -2.17. The Labute approximate surface area is 97.3 Å². The van der Waals surface area contributed by atoms with E-state index in [1.54, 1.807) is 0 Å². The van der Waals surface area contributed by atoms with Gasteiger partial charge in [0.25, 0.3) is 0 Å². The maximum absolute atomic E-state index is 9.01. The highest BCUT2D eigenvalue weighted by Crippen LogP contribution is 2.18. The molecule has 86 valence electrons. The molecule has 1 heterocycles. The summed E-state index contributed by atoms with van der Waals surface area (Å²) in [6.07, 6.45) is 5.80. The van der Waals surface area contributed by atoms with E-state index in [4.69, 9.17) is 5.11 Å². The Morgan fingerprint density at radius 2 is 1.88 bits per heavy atom. The fourth-order valence-electron chi connectivity index (χ4n) is 1.53. The second kappa shape index (κ2) is 6.85. The molecule has 0 spiro atoms. The molecule has 0 fully saturated rings. The summed E-state index contributed by atoms with van der Waals surface area (Å²) in [5.41, 5.74) is 2.17. The Bertz CT molecular complexity index is 354. The molecule has 1 aromatic carbocycles. The molecule has 0 amide bonds. The highest BCUT2D eigenvalue weighted by atomic mass is 16.3. The van der Waals surface area contributed by atoms with Crippen LogP contribution < -0.4 is 5.32 Å². The Morgan fingerprint density at radius 1 is 1.19 bits per heavy atom. The van der Waals surface area contributed by atoms with E-state index in [0.29, 0.717) is 0 Å². The van der Waals surface area contributed by atoms with Crippen molar-refractivity contribution in [3.05, 3.63) is 59.8 Å². The number of nitrogens with one attached hydrogen (secondary N) is 1. The molecule has 1 aliphatic rings. The summed E-state index contributed by atoms with van der Waals surface area (Å²) < 4.78 is 0. The molecule has 0 saturated heterocycles. The standard InChI is InChI=1S/C12H13NO.C2H6/c14-9-10-6-7-13-12(8-10)11-4-2-1-3-5-11;1-2/h1-8,12-14H,9H2;1-2H3. The molecule has 1 aromatic rings. The average Bonchev–Trinajstić information content (AvgIpc) is 2.42. The molecule has 2 nitrogen and oxygen atoms in total. The molecule has 1 unspecified atom stereocenters. The van der Waals surface area contributed by atoms with Gasteiger partial charge in [0.05, 0.1) is 12.6 Å². The number of dihydropyridines is 1. The monoisotopic (exact) mass is 217 g/mol. The summed E-state index contributed by atoms with van der Waals surface area (Å²) in [5.74, 6) is 0. The van der Waals surface area contributed by atoms with Gasteiger partial charge in [-0.15, -0.1) is 0 Å². The van der Waals surface area contributed by atoms with Gasteiger partial charge in [0, 0.05) is 0 Å². The van der Waals surface area contributed by atoms with Crippen LogP contribution in [0.4, 0.5) is 0 Å². The van der Waals surface area contributed by atoms with E-state index in [2.05, 4.69) is 17.4 Å². The van der Waals surface area contributed by atoms with Crippen LogP contribution in [0.5, 0.6) is 0 Å². The average molecular weight is 217 g/mol. The summed E-state index contributed by atoms with van der Waals surface area (Å²) in [7, 11) is 0. The molecule has 1 atom stereocenters. The normalized spacial score (nSPS) is 17.9. The van der Waals surface area contributed by atoms with Crippen LogP contribution in [0, 0.1) is 0 Å². The SMILES string of the molecule is CC.OCC1=CC(c2ccccc2)NC=C1. The third kappa shape index (κ3) is 3.24. The van der Waals surface area contributed by atoms with Crippen LogP contribution in [0.15, 0.2) is 54.3 Å². The predicted molar refractivity (Wildman–Crippen MR) is 68.0 cm³/mol. The van der Waals surface area contributed by atoms with Crippen LogP contribution in [0.2, 0.25) is 0 Å². The van der Waals surface area contributed by atoms with Crippen molar-refractivity contribution in [2.75, 3.05) is 6.61 Å². The van der Waals surface area contributed by atoms with Gasteiger partial charge in [-0.25, -0.2) is 0 Å². The maximum atomic E-state index is 9.01. The van der Waals surface area contributed by atoms with Crippen molar-refractivity contribution in [3.8, 4) is 0 Å². The van der Waals surface area contributed by atoms with E-state index in [9.17, 15) is 0 Å². The molecule has 2 N–H and O–H groups in total. The predicted octanol–water partition coefficient (Wildman–Crippen LogP) is 2.79. The summed E-state index contributed by atoms with van der Waals surface area (Å²) in [6.45, 7) is 4.10. The van der Waals surface area contributed by atoms with Crippen molar-refractivity contribution < 1.29 is 5.11 Å². The van der Waals surface area contributed by atoms with E-state index in [1.807, 2.05) is 50.4 Å². The second-order valence-electron chi connectivity index (χ2n) is 3.29. The zero-order valence-electron chi connectivity index (χ0n) is 9.85.